The molecule has 0 aliphatic rings. The molecule has 0 radical (unpaired) electrons. The molecule has 0 N–H and O–H groups in total. The molecule has 0 atom stereocenters. The van der Waals surface area contributed by atoms with Gasteiger partial charge in [0.25, 0.3) is 0 Å². The summed E-state index contributed by atoms with van der Waals surface area (Å²) in [7, 11) is 0. The maximum atomic E-state index is 4.70. The Hall–Kier alpha value is -1.67. The Balaban J connectivity index is 2.11. The van der Waals surface area contributed by atoms with E-state index in [4.69, 9.17) is 4.98 Å². The normalized spacial score (nSPS) is 11.3. The highest BCUT2D eigenvalue weighted by Crippen LogP contribution is 2.31. The van der Waals surface area contributed by atoms with Gasteiger partial charge in [-0.15, -0.1) is 11.3 Å². The van der Waals surface area contributed by atoms with E-state index in [0.29, 0.717) is 5.92 Å². The summed E-state index contributed by atoms with van der Waals surface area (Å²) in [5.41, 5.74) is 3.68. The van der Waals surface area contributed by atoms with Crippen LogP contribution in [0.5, 0.6) is 0 Å². The Morgan fingerprint density at radius 3 is 2.50 bits per heavy atom. The monoisotopic (exact) mass is 253 g/mol. The highest BCUT2D eigenvalue weighted by atomic mass is 32.1. The molecule has 0 amide bonds. The topological polar surface area (TPSA) is 12.9 Å². The maximum absolute atomic E-state index is 4.70. The van der Waals surface area contributed by atoms with Crippen LogP contribution in [-0.4, -0.2) is 4.98 Å². The number of hydrogen-bond acceptors (Lipinski definition) is 2. The molecule has 0 fully saturated rings. The average molecular weight is 253 g/mol. The van der Waals surface area contributed by atoms with Crippen LogP contribution in [0.2, 0.25) is 0 Å². The molecule has 0 aliphatic carbocycles. The molecule has 0 bridgehead atoms. The van der Waals surface area contributed by atoms with Crippen LogP contribution in [-0.2, 0) is 0 Å². The van der Waals surface area contributed by atoms with Gasteiger partial charge in [-0.2, -0.15) is 0 Å². The zero-order chi connectivity index (χ0) is 12.5. The molecule has 0 saturated carbocycles. The second-order valence-electron chi connectivity index (χ2n) is 4.77. The molecule has 2 heteroatoms. The fraction of sp³-hybridized carbons (Fsp3) is 0.188. The van der Waals surface area contributed by atoms with Crippen molar-refractivity contribution in [2.45, 2.75) is 19.8 Å². The fourth-order valence-corrected chi connectivity index (χ4v) is 3.02. The summed E-state index contributed by atoms with van der Waals surface area (Å²) in [4.78, 5) is 4.70. The SMILES string of the molecule is CC(C)c1ccc2nc(-c3ccccc3)sc2c1. The quantitative estimate of drug-likeness (QED) is 0.620. The van der Waals surface area contributed by atoms with Crippen LogP contribution < -0.4 is 0 Å². The van der Waals surface area contributed by atoms with Gasteiger partial charge in [-0.05, 0) is 23.6 Å². The minimum absolute atomic E-state index is 0.566. The summed E-state index contributed by atoms with van der Waals surface area (Å²) in [5.74, 6) is 0.566. The second-order valence-corrected chi connectivity index (χ2v) is 5.80. The van der Waals surface area contributed by atoms with Gasteiger partial charge in [0.15, 0.2) is 0 Å². The van der Waals surface area contributed by atoms with Crippen LogP contribution in [0.25, 0.3) is 20.8 Å². The fourth-order valence-electron chi connectivity index (χ4n) is 2.00. The Bertz CT molecular complexity index is 668. The zero-order valence-corrected chi connectivity index (χ0v) is 11.4. The molecular weight excluding hydrogens is 238 g/mol. The van der Waals surface area contributed by atoms with Gasteiger partial charge in [0.2, 0.25) is 0 Å². The molecular formula is C16H15NS. The summed E-state index contributed by atoms with van der Waals surface area (Å²) in [6, 6.07) is 17.0. The van der Waals surface area contributed by atoms with Crippen LogP contribution in [0.3, 0.4) is 0 Å². The number of aromatic nitrogens is 1. The maximum Gasteiger partial charge on any atom is 0.124 e. The van der Waals surface area contributed by atoms with Crippen LogP contribution in [0.15, 0.2) is 48.5 Å². The van der Waals surface area contributed by atoms with Crippen molar-refractivity contribution in [1.29, 1.82) is 0 Å². The van der Waals surface area contributed by atoms with Crippen LogP contribution in [0.4, 0.5) is 0 Å². The number of benzene rings is 2. The van der Waals surface area contributed by atoms with Crippen LogP contribution in [0, 0.1) is 0 Å². The summed E-state index contributed by atoms with van der Waals surface area (Å²) in [5, 5.41) is 1.10. The van der Waals surface area contributed by atoms with Gasteiger partial charge in [-0.3, -0.25) is 0 Å². The molecule has 0 unspecified atom stereocenters. The van der Waals surface area contributed by atoms with E-state index in [2.05, 4.69) is 56.3 Å². The van der Waals surface area contributed by atoms with E-state index < -0.39 is 0 Å². The Kier molecular flexibility index (Phi) is 2.88. The number of thiazole rings is 1. The van der Waals surface area contributed by atoms with Gasteiger partial charge in [0.1, 0.15) is 5.01 Å². The minimum Gasteiger partial charge on any atom is -0.236 e. The number of fused-ring (bicyclic) bond motifs is 1. The molecule has 90 valence electrons. The van der Waals surface area contributed by atoms with E-state index in [1.54, 1.807) is 11.3 Å². The van der Waals surface area contributed by atoms with Crippen LogP contribution in [0.1, 0.15) is 25.3 Å². The first-order chi connectivity index (χ1) is 8.74. The zero-order valence-electron chi connectivity index (χ0n) is 10.6. The van der Waals surface area contributed by atoms with Crippen molar-refractivity contribution in [3.63, 3.8) is 0 Å². The van der Waals surface area contributed by atoms with E-state index in [1.807, 2.05) is 6.07 Å². The first-order valence-electron chi connectivity index (χ1n) is 6.20. The third-order valence-corrected chi connectivity index (χ3v) is 4.17. The molecule has 18 heavy (non-hydrogen) atoms. The smallest absolute Gasteiger partial charge is 0.124 e. The van der Waals surface area contributed by atoms with E-state index in [-0.39, 0.29) is 0 Å². The lowest BCUT2D eigenvalue weighted by Crippen LogP contribution is -1.85. The molecule has 3 rings (SSSR count). The van der Waals surface area contributed by atoms with Gasteiger partial charge in [0, 0.05) is 5.56 Å². The van der Waals surface area contributed by atoms with Crippen molar-refractivity contribution in [3.05, 3.63) is 54.1 Å². The Labute approximate surface area is 111 Å². The Morgan fingerprint density at radius 1 is 1.00 bits per heavy atom. The first-order valence-corrected chi connectivity index (χ1v) is 7.01. The molecule has 3 aromatic rings. The first kappa shape index (κ1) is 11.4. The van der Waals surface area contributed by atoms with Crippen LogP contribution >= 0.6 is 11.3 Å². The van der Waals surface area contributed by atoms with E-state index in [9.17, 15) is 0 Å². The highest BCUT2D eigenvalue weighted by molar-refractivity contribution is 7.21. The Morgan fingerprint density at radius 2 is 1.78 bits per heavy atom. The predicted molar refractivity (Wildman–Crippen MR) is 79.1 cm³/mol. The van der Waals surface area contributed by atoms with Crippen molar-refractivity contribution in [2.24, 2.45) is 0 Å². The second kappa shape index (κ2) is 4.54. The molecule has 1 aromatic heterocycles. The summed E-state index contributed by atoms with van der Waals surface area (Å²) >= 11 is 1.77. The van der Waals surface area contributed by atoms with E-state index >= 15 is 0 Å². The molecule has 0 spiro atoms. The number of rotatable bonds is 2. The lowest BCUT2D eigenvalue weighted by Gasteiger charge is -2.03. The van der Waals surface area contributed by atoms with Gasteiger partial charge >= 0.3 is 0 Å². The standard InChI is InChI=1S/C16H15NS/c1-11(2)13-8-9-14-15(10-13)18-16(17-14)12-6-4-3-5-7-12/h3-11H,1-2H3. The van der Waals surface area contributed by atoms with Gasteiger partial charge in [-0.25, -0.2) is 4.98 Å². The molecule has 0 aliphatic heterocycles. The van der Waals surface area contributed by atoms with Gasteiger partial charge in [0.05, 0.1) is 10.2 Å². The van der Waals surface area contributed by atoms with Crippen molar-refractivity contribution in [3.8, 4) is 10.6 Å². The molecule has 2 aromatic carbocycles. The lowest BCUT2D eigenvalue weighted by molar-refractivity contribution is 0.869. The summed E-state index contributed by atoms with van der Waals surface area (Å²) in [6.07, 6.45) is 0. The number of nitrogens with zero attached hydrogens (tertiary/aromatic N) is 1. The average Bonchev–Trinajstić information content (AvgIpc) is 2.82. The van der Waals surface area contributed by atoms with Gasteiger partial charge < -0.3 is 0 Å². The third-order valence-electron chi connectivity index (χ3n) is 3.10. The van der Waals surface area contributed by atoms with E-state index in [1.165, 1.54) is 15.8 Å². The molecule has 1 heterocycles. The summed E-state index contributed by atoms with van der Waals surface area (Å²) in [6.45, 7) is 4.45. The minimum atomic E-state index is 0.566. The lowest BCUT2D eigenvalue weighted by atomic mass is 10.0. The third kappa shape index (κ3) is 2.04. The molecule has 0 saturated heterocycles. The van der Waals surface area contributed by atoms with Crippen molar-refractivity contribution < 1.29 is 0 Å². The highest BCUT2D eigenvalue weighted by Gasteiger charge is 2.07. The van der Waals surface area contributed by atoms with E-state index in [0.717, 1.165) is 10.5 Å². The number of hydrogen-bond donors (Lipinski definition) is 0. The van der Waals surface area contributed by atoms with Gasteiger partial charge in [-0.1, -0.05) is 50.2 Å². The molecule has 1 nitrogen and oxygen atoms in total. The van der Waals surface area contributed by atoms with Crippen molar-refractivity contribution in [1.82, 2.24) is 4.98 Å². The summed E-state index contributed by atoms with van der Waals surface area (Å²) < 4.78 is 1.28. The predicted octanol–water partition coefficient (Wildman–Crippen LogP) is 5.09. The largest absolute Gasteiger partial charge is 0.236 e. The van der Waals surface area contributed by atoms with Crippen molar-refractivity contribution >= 4 is 21.6 Å². The van der Waals surface area contributed by atoms with Crippen molar-refractivity contribution in [2.75, 3.05) is 0 Å².